The topological polar surface area (TPSA) is 46.5 Å². The molecule has 0 amide bonds. The molecule has 1 aromatic carbocycles. The number of rotatable bonds is 9. The quantitative estimate of drug-likeness (QED) is 0.679. The van der Waals surface area contributed by atoms with E-state index in [1.54, 1.807) is 0 Å². The van der Waals surface area contributed by atoms with Crippen molar-refractivity contribution in [3.8, 4) is 5.75 Å². The third-order valence-corrected chi connectivity index (χ3v) is 3.35. The van der Waals surface area contributed by atoms with Crippen LogP contribution in [0.15, 0.2) is 24.3 Å². The molecule has 1 unspecified atom stereocenters. The van der Waals surface area contributed by atoms with Crippen LogP contribution in [0.5, 0.6) is 5.75 Å². The number of hydrogen-bond acceptors (Lipinski definition) is 2. The number of aliphatic carboxylic acids is 1. The number of carboxylic acid groups (broad SMARTS) is 1. The van der Waals surface area contributed by atoms with Crippen molar-refractivity contribution in [2.45, 2.75) is 51.9 Å². The largest absolute Gasteiger partial charge is 0.493 e. The molecule has 1 N–H and O–H groups in total. The van der Waals surface area contributed by atoms with Crippen LogP contribution in [0.25, 0.3) is 0 Å². The monoisotopic (exact) mass is 264 g/mol. The first-order valence-corrected chi connectivity index (χ1v) is 7.08. The standard InChI is InChI=1S/C16H24O3/c1-3-13(2)14-9-6-7-10-15(14)19-12-8-4-5-11-16(17)18/h6-7,9-10,13H,3-5,8,11-12H2,1-2H3,(H,17,18). The maximum atomic E-state index is 10.4. The van der Waals surface area contributed by atoms with E-state index in [1.165, 1.54) is 5.56 Å². The van der Waals surface area contributed by atoms with Gasteiger partial charge in [0.25, 0.3) is 0 Å². The van der Waals surface area contributed by atoms with Crippen molar-refractivity contribution in [2.75, 3.05) is 6.61 Å². The zero-order valence-corrected chi connectivity index (χ0v) is 11.9. The molecule has 0 radical (unpaired) electrons. The van der Waals surface area contributed by atoms with Crippen molar-refractivity contribution in [3.63, 3.8) is 0 Å². The van der Waals surface area contributed by atoms with Crippen LogP contribution >= 0.6 is 0 Å². The number of carboxylic acids is 1. The Hall–Kier alpha value is -1.51. The molecule has 0 aromatic heterocycles. The van der Waals surface area contributed by atoms with Gasteiger partial charge in [-0.05, 0) is 43.2 Å². The van der Waals surface area contributed by atoms with Gasteiger partial charge < -0.3 is 9.84 Å². The van der Waals surface area contributed by atoms with Gasteiger partial charge in [-0.25, -0.2) is 0 Å². The maximum absolute atomic E-state index is 10.4. The van der Waals surface area contributed by atoms with Gasteiger partial charge in [-0.3, -0.25) is 4.79 Å². The fourth-order valence-corrected chi connectivity index (χ4v) is 1.98. The molecular formula is C16H24O3. The van der Waals surface area contributed by atoms with Gasteiger partial charge in [0.15, 0.2) is 0 Å². The highest BCUT2D eigenvalue weighted by atomic mass is 16.5. The highest BCUT2D eigenvalue weighted by molar-refractivity contribution is 5.66. The van der Waals surface area contributed by atoms with E-state index in [-0.39, 0.29) is 6.42 Å². The lowest BCUT2D eigenvalue weighted by Crippen LogP contribution is -2.02. The van der Waals surface area contributed by atoms with E-state index in [4.69, 9.17) is 9.84 Å². The van der Waals surface area contributed by atoms with Gasteiger partial charge in [0, 0.05) is 6.42 Å². The summed E-state index contributed by atoms with van der Waals surface area (Å²) in [4.78, 5) is 10.4. The summed E-state index contributed by atoms with van der Waals surface area (Å²) in [6.45, 7) is 5.04. The smallest absolute Gasteiger partial charge is 0.303 e. The van der Waals surface area contributed by atoms with Crippen LogP contribution in [0, 0.1) is 0 Å². The minimum Gasteiger partial charge on any atom is -0.493 e. The number of para-hydroxylation sites is 1. The average Bonchev–Trinajstić information content (AvgIpc) is 2.42. The summed E-state index contributed by atoms with van der Waals surface area (Å²) in [5, 5.41) is 8.54. The highest BCUT2D eigenvalue weighted by Gasteiger charge is 2.09. The Bertz CT molecular complexity index is 387. The van der Waals surface area contributed by atoms with Crippen LogP contribution in [-0.4, -0.2) is 17.7 Å². The first-order chi connectivity index (χ1) is 9.15. The van der Waals surface area contributed by atoms with Gasteiger partial charge in [-0.15, -0.1) is 0 Å². The minimum absolute atomic E-state index is 0.253. The zero-order valence-electron chi connectivity index (χ0n) is 11.9. The molecule has 0 saturated carbocycles. The Kier molecular flexibility index (Phi) is 7.01. The molecule has 1 rings (SSSR count). The molecule has 0 fully saturated rings. The van der Waals surface area contributed by atoms with Crippen molar-refractivity contribution in [1.82, 2.24) is 0 Å². The van der Waals surface area contributed by atoms with E-state index in [0.29, 0.717) is 12.5 Å². The third-order valence-electron chi connectivity index (χ3n) is 3.35. The summed E-state index contributed by atoms with van der Waals surface area (Å²) >= 11 is 0. The zero-order chi connectivity index (χ0) is 14.1. The van der Waals surface area contributed by atoms with E-state index in [1.807, 2.05) is 18.2 Å². The fraction of sp³-hybridized carbons (Fsp3) is 0.562. The Labute approximate surface area is 115 Å². The van der Waals surface area contributed by atoms with Crippen molar-refractivity contribution in [3.05, 3.63) is 29.8 Å². The SMILES string of the molecule is CCC(C)c1ccccc1OCCCCCC(=O)O. The molecule has 0 aliphatic heterocycles. The van der Waals surface area contributed by atoms with Gasteiger partial charge in [0.05, 0.1) is 6.61 Å². The summed E-state index contributed by atoms with van der Waals surface area (Å²) in [5.74, 6) is 0.751. The predicted octanol–water partition coefficient (Wildman–Crippen LogP) is 4.22. The molecule has 19 heavy (non-hydrogen) atoms. The summed E-state index contributed by atoms with van der Waals surface area (Å²) in [5.41, 5.74) is 1.26. The molecule has 0 bridgehead atoms. The van der Waals surface area contributed by atoms with Gasteiger partial charge in [-0.2, -0.15) is 0 Å². The summed E-state index contributed by atoms with van der Waals surface area (Å²) in [6, 6.07) is 8.17. The number of ether oxygens (including phenoxy) is 1. The molecule has 0 heterocycles. The third kappa shape index (κ3) is 5.77. The molecule has 0 saturated heterocycles. The Morgan fingerprint density at radius 2 is 2.00 bits per heavy atom. The van der Waals surface area contributed by atoms with Gasteiger partial charge >= 0.3 is 5.97 Å². The molecular weight excluding hydrogens is 240 g/mol. The summed E-state index contributed by atoms with van der Waals surface area (Å²) in [7, 11) is 0. The first-order valence-electron chi connectivity index (χ1n) is 7.08. The van der Waals surface area contributed by atoms with Crippen molar-refractivity contribution in [1.29, 1.82) is 0 Å². The normalized spacial score (nSPS) is 12.1. The summed E-state index contributed by atoms with van der Waals surface area (Å²) < 4.78 is 5.82. The van der Waals surface area contributed by atoms with Crippen LogP contribution in [0.2, 0.25) is 0 Å². The van der Waals surface area contributed by atoms with Gasteiger partial charge in [0.2, 0.25) is 0 Å². The molecule has 0 aliphatic rings. The van der Waals surface area contributed by atoms with E-state index >= 15 is 0 Å². The molecule has 0 spiro atoms. The van der Waals surface area contributed by atoms with Crippen LogP contribution in [0.1, 0.15) is 57.4 Å². The van der Waals surface area contributed by atoms with Crippen molar-refractivity contribution < 1.29 is 14.6 Å². The lowest BCUT2D eigenvalue weighted by atomic mass is 9.98. The molecule has 106 valence electrons. The minimum atomic E-state index is -0.719. The van der Waals surface area contributed by atoms with Crippen molar-refractivity contribution in [2.24, 2.45) is 0 Å². The number of hydrogen-bond donors (Lipinski definition) is 1. The van der Waals surface area contributed by atoms with Crippen molar-refractivity contribution >= 4 is 5.97 Å². The highest BCUT2D eigenvalue weighted by Crippen LogP contribution is 2.28. The van der Waals surface area contributed by atoms with Crippen LogP contribution in [-0.2, 0) is 4.79 Å². The lowest BCUT2D eigenvalue weighted by molar-refractivity contribution is -0.137. The average molecular weight is 264 g/mol. The second kappa shape index (κ2) is 8.57. The first kappa shape index (κ1) is 15.5. The molecule has 1 atom stereocenters. The van der Waals surface area contributed by atoms with Gasteiger partial charge in [0.1, 0.15) is 5.75 Å². The Balaban J connectivity index is 2.35. The fourth-order valence-electron chi connectivity index (χ4n) is 1.98. The van der Waals surface area contributed by atoms with Crippen LogP contribution < -0.4 is 4.74 Å². The number of benzene rings is 1. The molecule has 3 heteroatoms. The van der Waals surface area contributed by atoms with E-state index in [0.717, 1.165) is 31.4 Å². The Morgan fingerprint density at radius 1 is 1.26 bits per heavy atom. The maximum Gasteiger partial charge on any atom is 0.303 e. The number of carbonyl (C=O) groups is 1. The Morgan fingerprint density at radius 3 is 2.68 bits per heavy atom. The second-order valence-electron chi connectivity index (χ2n) is 4.90. The summed E-state index contributed by atoms with van der Waals surface area (Å²) in [6.07, 6.45) is 3.88. The van der Waals surface area contributed by atoms with E-state index < -0.39 is 5.97 Å². The van der Waals surface area contributed by atoms with Gasteiger partial charge in [-0.1, -0.05) is 32.0 Å². The van der Waals surface area contributed by atoms with E-state index in [9.17, 15) is 4.79 Å². The van der Waals surface area contributed by atoms with Crippen LogP contribution in [0.4, 0.5) is 0 Å². The molecule has 1 aromatic rings. The second-order valence-corrected chi connectivity index (χ2v) is 4.90. The number of unbranched alkanes of at least 4 members (excludes halogenated alkanes) is 2. The predicted molar refractivity (Wildman–Crippen MR) is 76.7 cm³/mol. The molecule has 0 aliphatic carbocycles. The molecule has 3 nitrogen and oxygen atoms in total. The van der Waals surface area contributed by atoms with Crippen LogP contribution in [0.3, 0.4) is 0 Å². The lowest BCUT2D eigenvalue weighted by Gasteiger charge is -2.15. The van der Waals surface area contributed by atoms with E-state index in [2.05, 4.69) is 19.9 Å².